The molecule has 0 aliphatic rings. The summed E-state index contributed by atoms with van der Waals surface area (Å²) in [6, 6.07) is 7.80. The van der Waals surface area contributed by atoms with Gasteiger partial charge in [0.25, 0.3) is 0 Å². The smallest absolute Gasteiger partial charge is 0.135 e. The molecule has 2 aromatic rings. The molecule has 18 heavy (non-hydrogen) atoms. The highest BCUT2D eigenvalue weighted by Gasteiger charge is 2.05. The number of hydrogen-bond acceptors (Lipinski definition) is 3. The summed E-state index contributed by atoms with van der Waals surface area (Å²) in [5.41, 5.74) is 2.15. The van der Waals surface area contributed by atoms with E-state index in [4.69, 9.17) is 11.6 Å². The Morgan fingerprint density at radius 2 is 2.06 bits per heavy atom. The van der Waals surface area contributed by atoms with Gasteiger partial charge >= 0.3 is 0 Å². The molecule has 0 amide bonds. The first-order valence-corrected chi connectivity index (χ1v) is 6.82. The average molecular weight is 327 g/mol. The summed E-state index contributed by atoms with van der Waals surface area (Å²) in [6.07, 6.45) is 0.754. The molecule has 0 spiro atoms. The SMILES string of the molecule is CCc1nc(Cl)cc(Nc2ccc(C)cc2Br)n1. The van der Waals surface area contributed by atoms with Crippen LogP contribution in [0, 0.1) is 6.92 Å². The van der Waals surface area contributed by atoms with Gasteiger partial charge in [0.2, 0.25) is 0 Å². The number of rotatable bonds is 3. The molecule has 0 saturated carbocycles. The van der Waals surface area contributed by atoms with E-state index in [9.17, 15) is 0 Å². The summed E-state index contributed by atoms with van der Waals surface area (Å²) in [7, 11) is 0. The van der Waals surface area contributed by atoms with Gasteiger partial charge in [0.1, 0.15) is 16.8 Å². The van der Waals surface area contributed by atoms with E-state index in [1.54, 1.807) is 6.07 Å². The van der Waals surface area contributed by atoms with Gasteiger partial charge < -0.3 is 5.32 Å². The van der Waals surface area contributed by atoms with Crippen molar-refractivity contribution >= 4 is 39.0 Å². The minimum atomic E-state index is 0.451. The van der Waals surface area contributed by atoms with Crippen LogP contribution in [0.5, 0.6) is 0 Å². The standard InChI is InChI=1S/C13H13BrClN3/c1-3-12-17-11(15)7-13(18-12)16-10-5-4-8(2)6-9(10)14/h4-7H,3H2,1-2H3,(H,16,17,18). The molecule has 3 nitrogen and oxygen atoms in total. The van der Waals surface area contributed by atoms with Crippen LogP contribution in [0.15, 0.2) is 28.7 Å². The molecule has 0 bridgehead atoms. The maximum Gasteiger partial charge on any atom is 0.135 e. The van der Waals surface area contributed by atoms with E-state index in [0.717, 1.165) is 22.4 Å². The van der Waals surface area contributed by atoms with Crippen molar-refractivity contribution in [2.45, 2.75) is 20.3 Å². The number of benzene rings is 1. The summed E-state index contributed by atoms with van der Waals surface area (Å²) in [6.45, 7) is 4.04. The zero-order valence-corrected chi connectivity index (χ0v) is 12.5. The molecule has 94 valence electrons. The molecule has 0 aliphatic heterocycles. The lowest BCUT2D eigenvalue weighted by atomic mass is 10.2. The van der Waals surface area contributed by atoms with Gasteiger partial charge in [0.05, 0.1) is 5.69 Å². The number of halogens is 2. The van der Waals surface area contributed by atoms with Crippen molar-refractivity contribution in [2.24, 2.45) is 0 Å². The molecule has 0 saturated heterocycles. The van der Waals surface area contributed by atoms with E-state index in [1.165, 1.54) is 5.56 Å². The fourth-order valence-corrected chi connectivity index (χ4v) is 2.34. The van der Waals surface area contributed by atoms with E-state index in [1.807, 2.05) is 32.0 Å². The third-order valence-corrected chi connectivity index (χ3v) is 3.29. The van der Waals surface area contributed by atoms with Crippen molar-refractivity contribution in [1.29, 1.82) is 0 Å². The number of aryl methyl sites for hydroxylation is 2. The largest absolute Gasteiger partial charge is 0.339 e. The highest BCUT2D eigenvalue weighted by Crippen LogP contribution is 2.26. The summed E-state index contributed by atoms with van der Waals surface area (Å²) < 4.78 is 0.996. The number of anilines is 2. The molecular weight excluding hydrogens is 314 g/mol. The van der Waals surface area contributed by atoms with Crippen LogP contribution in [0.2, 0.25) is 5.15 Å². The van der Waals surface area contributed by atoms with Crippen LogP contribution in [0.1, 0.15) is 18.3 Å². The topological polar surface area (TPSA) is 37.8 Å². The third-order valence-electron chi connectivity index (χ3n) is 2.44. The summed E-state index contributed by atoms with van der Waals surface area (Å²) in [5, 5.41) is 3.68. The van der Waals surface area contributed by atoms with E-state index in [0.29, 0.717) is 11.0 Å². The Balaban J connectivity index is 2.30. The summed E-state index contributed by atoms with van der Waals surface area (Å²) in [5.74, 6) is 1.43. The van der Waals surface area contributed by atoms with E-state index < -0.39 is 0 Å². The first-order chi connectivity index (χ1) is 8.58. The molecular formula is C13H13BrClN3. The number of nitrogens with zero attached hydrogens (tertiary/aromatic N) is 2. The molecule has 1 aromatic heterocycles. The van der Waals surface area contributed by atoms with Crippen molar-refractivity contribution in [3.8, 4) is 0 Å². The lowest BCUT2D eigenvalue weighted by Crippen LogP contribution is -2.00. The highest BCUT2D eigenvalue weighted by molar-refractivity contribution is 9.10. The molecule has 0 radical (unpaired) electrons. The van der Waals surface area contributed by atoms with Gasteiger partial charge in [-0.2, -0.15) is 0 Å². The summed E-state index contributed by atoms with van der Waals surface area (Å²) in [4.78, 5) is 8.52. The first kappa shape index (κ1) is 13.3. The van der Waals surface area contributed by atoms with Gasteiger partial charge in [-0.1, -0.05) is 24.6 Å². The predicted octanol–water partition coefficient (Wildman–Crippen LogP) is 4.51. The van der Waals surface area contributed by atoms with Gasteiger partial charge in [-0.15, -0.1) is 0 Å². The number of nitrogens with one attached hydrogen (secondary N) is 1. The molecule has 5 heteroatoms. The Bertz CT molecular complexity index is 572. The maximum absolute atomic E-state index is 5.96. The minimum absolute atomic E-state index is 0.451. The predicted molar refractivity (Wildman–Crippen MR) is 78.6 cm³/mol. The quantitative estimate of drug-likeness (QED) is 0.843. The van der Waals surface area contributed by atoms with E-state index in [-0.39, 0.29) is 0 Å². The molecule has 0 atom stereocenters. The normalized spacial score (nSPS) is 10.4. The fourth-order valence-electron chi connectivity index (χ4n) is 1.55. The molecule has 2 rings (SSSR count). The van der Waals surface area contributed by atoms with Crippen LogP contribution in [0.3, 0.4) is 0 Å². The molecule has 1 N–H and O–H groups in total. The monoisotopic (exact) mass is 325 g/mol. The first-order valence-electron chi connectivity index (χ1n) is 5.65. The Hall–Kier alpha value is -1.13. The van der Waals surface area contributed by atoms with Gasteiger partial charge in [-0.25, -0.2) is 9.97 Å². The maximum atomic E-state index is 5.96. The second-order valence-electron chi connectivity index (χ2n) is 3.95. The Labute approximate surface area is 120 Å². The lowest BCUT2D eigenvalue weighted by Gasteiger charge is -2.09. The Morgan fingerprint density at radius 3 is 2.72 bits per heavy atom. The van der Waals surface area contributed by atoms with E-state index in [2.05, 4.69) is 31.2 Å². The third kappa shape index (κ3) is 3.21. The van der Waals surface area contributed by atoms with Crippen LogP contribution in [0.25, 0.3) is 0 Å². The van der Waals surface area contributed by atoms with Crippen molar-refractivity contribution in [3.63, 3.8) is 0 Å². The zero-order chi connectivity index (χ0) is 13.1. The number of hydrogen-bond donors (Lipinski definition) is 1. The van der Waals surface area contributed by atoms with E-state index >= 15 is 0 Å². The highest BCUT2D eigenvalue weighted by atomic mass is 79.9. The van der Waals surface area contributed by atoms with Crippen LogP contribution in [0.4, 0.5) is 11.5 Å². The second kappa shape index (κ2) is 5.67. The fraction of sp³-hybridized carbons (Fsp3) is 0.231. The second-order valence-corrected chi connectivity index (χ2v) is 5.20. The average Bonchev–Trinajstić information content (AvgIpc) is 2.32. The molecule has 1 heterocycles. The van der Waals surface area contributed by atoms with Gasteiger partial charge in [0.15, 0.2) is 0 Å². The van der Waals surface area contributed by atoms with Crippen LogP contribution in [-0.4, -0.2) is 9.97 Å². The van der Waals surface area contributed by atoms with Crippen LogP contribution in [-0.2, 0) is 6.42 Å². The van der Waals surface area contributed by atoms with Gasteiger partial charge in [-0.05, 0) is 40.5 Å². The van der Waals surface area contributed by atoms with Gasteiger partial charge in [0, 0.05) is 17.0 Å². The zero-order valence-electron chi connectivity index (χ0n) is 10.2. The van der Waals surface area contributed by atoms with Crippen molar-refractivity contribution in [2.75, 3.05) is 5.32 Å². The number of aromatic nitrogens is 2. The van der Waals surface area contributed by atoms with Crippen LogP contribution >= 0.6 is 27.5 Å². The summed E-state index contributed by atoms with van der Waals surface area (Å²) >= 11 is 9.48. The molecule has 0 aliphatic carbocycles. The molecule has 0 fully saturated rings. The van der Waals surface area contributed by atoms with Crippen molar-refractivity contribution in [1.82, 2.24) is 9.97 Å². The lowest BCUT2D eigenvalue weighted by molar-refractivity contribution is 0.943. The van der Waals surface area contributed by atoms with Gasteiger partial charge in [-0.3, -0.25) is 0 Å². The van der Waals surface area contributed by atoms with Crippen LogP contribution < -0.4 is 5.32 Å². The van der Waals surface area contributed by atoms with Crippen molar-refractivity contribution < 1.29 is 0 Å². The molecule has 1 aromatic carbocycles. The Morgan fingerprint density at radius 1 is 1.28 bits per heavy atom. The molecule has 0 unspecified atom stereocenters. The Kier molecular flexibility index (Phi) is 4.19. The minimum Gasteiger partial charge on any atom is -0.339 e. The van der Waals surface area contributed by atoms with Crippen molar-refractivity contribution in [3.05, 3.63) is 45.3 Å².